The van der Waals surface area contributed by atoms with Crippen LogP contribution in [0.4, 0.5) is 19.0 Å². The van der Waals surface area contributed by atoms with Gasteiger partial charge in [0.25, 0.3) is 0 Å². The van der Waals surface area contributed by atoms with Crippen LogP contribution in [0, 0.1) is 17.2 Å². The number of carbonyl (C=O) groups is 2. The van der Waals surface area contributed by atoms with Crippen LogP contribution in [-0.4, -0.2) is 96.3 Å². The maximum Gasteiger partial charge on any atom is 0.402 e. The van der Waals surface area contributed by atoms with Gasteiger partial charge in [-0.25, -0.2) is 10.4 Å². The summed E-state index contributed by atoms with van der Waals surface area (Å²) in [6.45, 7) is 2.10. The number of halogens is 3. The molecule has 206 valence electrons. The molecule has 5 atom stereocenters. The molecule has 2 bridgehead atoms. The number of amides is 2. The molecule has 4 saturated heterocycles. The molecule has 1 aromatic heterocycles. The number of nitriles is 1. The number of pyridine rings is 1. The van der Waals surface area contributed by atoms with E-state index in [2.05, 4.69) is 26.8 Å². The average molecular weight is 536 g/mol. The lowest BCUT2D eigenvalue weighted by Gasteiger charge is -2.42. The van der Waals surface area contributed by atoms with Gasteiger partial charge in [-0.05, 0) is 44.4 Å². The molecular formula is C25H32F3N7O3. The van der Waals surface area contributed by atoms with E-state index < -0.39 is 24.0 Å². The summed E-state index contributed by atoms with van der Waals surface area (Å²) < 4.78 is 46.6. The van der Waals surface area contributed by atoms with Crippen molar-refractivity contribution in [2.24, 2.45) is 5.92 Å². The normalized spacial score (nSPS) is 29.8. The highest BCUT2D eigenvalue weighted by molar-refractivity contribution is 5.80. The topological polar surface area (TPSA) is 114 Å². The van der Waals surface area contributed by atoms with Crippen molar-refractivity contribution in [3.63, 3.8) is 0 Å². The van der Waals surface area contributed by atoms with Crippen LogP contribution < -0.4 is 15.8 Å². The summed E-state index contributed by atoms with van der Waals surface area (Å²) in [6.07, 6.45) is 0.505. The second-order valence-corrected chi connectivity index (χ2v) is 10.4. The maximum absolute atomic E-state index is 13.6. The molecule has 4 fully saturated rings. The number of nitrogens with one attached hydrogen (secondary N) is 2. The first kappa shape index (κ1) is 26.6. The van der Waals surface area contributed by atoms with Gasteiger partial charge in [-0.3, -0.25) is 19.9 Å². The van der Waals surface area contributed by atoms with Crippen LogP contribution in [0.2, 0.25) is 0 Å². The van der Waals surface area contributed by atoms with Gasteiger partial charge in [0.1, 0.15) is 11.9 Å². The Balaban J connectivity index is 1.10. The lowest BCUT2D eigenvalue weighted by atomic mass is 9.94. The van der Waals surface area contributed by atoms with Crippen LogP contribution in [0.3, 0.4) is 0 Å². The van der Waals surface area contributed by atoms with Crippen molar-refractivity contribution in [3.05, 3.63) is 23.9 Å². The Morgan fingerprint density at radius 2 is 1.97 bits per heavy atom. The van der Waals surface area contributed by atoms with Gasteiger partial charge in [0.15, 0.2) is 5.92 Å². The number of hydrogen-bond donors (Lipinski definition) is 2. The van der Waals surface area contributed by atoms with Crippen LogP contribution in [-0.2, 0) is 14.3 Å². The van der Waals surface area contributed by atoms with Crippen molar-refractivity contribution >= 4 is 17.6 Å². The molecule has 0 saturated carbocycles. The van der Waals surface area contributed by atoms with Gasteiger partial charge < -0.3 is 14.5 Å². The maximum atomic E-state index is 13.6. The molecular weight excluding hydrogens is 503 g/mol. The Kier molecular flexibility index (Phi) is 7.74. The van der Waals surface area contributed by atoms with Gasteiger partial charge in [-0.15, -0.1) is 0 Å². The Morgan fingerprint density at radius 3 is 2.63 bits per heavy atom. The smallest absolute Gasteiger partial charge is 0.379 e. The third-order valence-electron chi connectivity index (χ3n) is 8.14. The fraction of sp³-hybridized carbons (Fsp3) is 0.680. The zero-order valence-corrected chi connectivity index (χ0v) is 21.0. The van der Waals surface area contributed by atoms with Crippen LogP contribution in [0.25, 0.3) is 0 Å². The van der Waals surface area contributed by atoms with Crippen molar-refractivity contribution in [1.82, 2.24) is 25.6 Å². The lowest BCUT2D eigenvalue weighted by molar-refractivity contribution is -0.201. The molecule has 4 aliphatic rings. The number of carbonyl (C=O) groups excluding carboxylic acids is 2. The van der Waals surface area contributed by atoms with Gasteiger partial charge in [0.2, 0.25) is 11.8 Å². The average Bonchev–Trinajstić information content (AvgIpc) is 3.46. The second kappa shape index (κ2) is 11.0. The minimum atomic E-state index is -4.63. The number of hydrazine groups is 1. The van der Waals surface area contributed by atoms with E-state index in [1.165, 1.54) is 0 Å². The molecule has 0 radical (unpaired) electrons. The number of rotatable bonds is 7. The second-order valence-electron chi connectivity index (χ2n) is 10.4. The lowest BCUT2D eigenvalue weighted by Crippen LogP contribution is -2.65. The minimum absolute atomic E-state index is 0.00269. The summed E-state index contributed by atoms with van der Waals surface area (Å²) >= 11 is 0. The molecule has 10 nitrogen and oxygen atoms in total. The van der Waals surface area contributed by atoms with E-state index in [1.54, 1.807) is 17.2 Å². The van der Waals surface area contributed by atoms with Crippen LogP contribution >= 0.6 is 0 Å². The fourth-order valence-corrected chi connectivity index (χ4v) is 6.38. The molecule has 5 rings (SSSR count). The zero-order chi connectivity index (χ0) is 26.9. The number of fused-ring (bicyclic) bond motifs is 2. The van der Waals surface area contributed by atoms with Crippen molar-refractivity contribution in [1.29, 1.82) is 5.26 Å². The number of ether oxygens (including phenoxy) is 1. The summed E-state index contributed by atoms with van der Waals surface area (Å²) in [6, 6.07) is 4.82. The van der Waals surface area contributed by atoms with E-state index in [9.17, 15) is 22.8 Å². The predicted octanol–water partition coefficient (Wildman–Crippen LogP) is 1.19. The predicted molar refractivity (Wildman–Crippen MR) is 129 cm³/mol. The standard InChI is InChI=1S/C25H32F3N7O3/c26-25(27,28)23-20(12-31-32-24(23)37)34-8-1-2-19(34)15-38-9-7-22(36)33-13-17-4-5-18(14-33)35(17)21-6-3-16(10-29)11-30-21/h3,6,11,17-20,23,31H,1-2,4-5,7-9,12-15H2,(H,32,37)/t17?,18?,19-,20?,23?/m0/s1. The molecule has 2 amide bonds. The van der Waals surface area contributed by atoms with Gasteiger partial charge in [-0.2, -0.15) is 18.4 Å². The van der Waals surface area contributed by atoms with Crippen molar-refractivity contribution in [2.75, 3.05) is 44.3 Å². The first-order valence-corrected chi connectivity index (χ1v) is 13.1. The number of nitrogens with zero attached hydrogens (tertiary/aromatic N) is 5. The Labute approximate surface area is 219 Å². The van der Waals surface area contributed by atoms with Crippen molar-refractivity contribution < 1.29 is 27.5 Å². The molecule has 0 spiro atoms. The molecule has 0 aliphatic carbocycles. The summed E-state index contributed by atoms with van der Waals surface area (Å²) in [7, 11) is 0. The van der Waals surface area contributed by atoms with Crippen LogP contribution in [0.5, 0.6) is 0 Å². The van der Waals surface area contributed by atoms with Crippen molar-refractivity contribution in [2.45, 2.75) is 62.4 Å². The number of alkyl halides is 3. The first-order valence-electron chi connectivity index (χ1n) is 13.1. The quantitative estimate of drug-likeness (QED) is 0.501. The highest BCUT2D eigenvalue weighted by Crippen LogP contribution is 2.36. The largest absolute Gasteiger partial charge is 0.402 e. The van der Waals surface area contributed by atoms with Gasteiger partial charge in [0, 0.05) is 50.0 Å². The van der Waals surface area contributed by atoms with E-state index >= 15 is 0 Å². The highest BCUT2D eigenvalue weighted by atomic mass is 19.4. The minimum Gasteiger partial charge on any atom is -0.379 e. The third-order valence-corrected chi connectivity index (χ3v) is 8.14. The molecule has 4 unspecified atom stereocenters. The number of likely N-dealkylation sites (tertiary alicyclic amines) is 2. The SMILES string of the molecule is N#Cc1ccc(N2C3CCC2CN(C(=O)CCOC[C@@H]2CCCN2C2CNNC(=O)C2C(F)(F)F)C3)nc1. The van der Waals surface area contributed by atoms with E-state index in [1.807, 2.05) is 11.0 Å². The van der Waals surface area contributed by atoms with E-state index in [4.69, 9.17) is 10.00 Å². The molecule has 13 heteroatoms. The molecule has 5 heterocycles. The summed E-state index contributed by atoms with van der Waals surface area (Å²) in [4.78, 5) is 35.2. The molecule has 1 aromatic rings. The fourth-order valence-electron chi connectivity index (χ4n) is 6.38. The third kappa shape index (κ3) is 5.43. The van der Waals surface area contributed by atoms with Crippen LogP contribution in [0.15, 0.2) is 18.3 Å². The molecule has 38 heavy (non-hydrogen) atoms. The van der Waals surface area contributed by atoms with E-state index in [0.717, 1.165) is 25.1 Å². The molecule has 2 N–H and O–H groups in total. The zero-order valence-electron chi connectivity index (χ0n) is 21.0. The summed E-state index contributed by atoms with van der Waals surface area (Å²) in [5.41, 5.74) is 5.19. The number of aromatic nitrogens is 1. The molecule has 0 aromatic carbocycles. The Bertz CT molecular complexity index is 1050. The number of anilines is 1. The molecule has 4 aliphatic heterocycles. The van der Waals surface area contributed by atoms with Crippen molar-refractivity contribution in [3.8, 4) is 6.07 Å². The number of hydrogen-bond acceptors (Lipinski definition) is 8. The number of piperazine rings is 1. The van der Waals surface area contributed by atoms with Crippen LogP contribution in [0.1, 0.15) is 37.7 Å². The Morgan fingerprint density at radius 1 is 1.21 bits per heavy atom. The first-order chi connectivity index (χ1) is 18.3. The monoisotopic (exact) mass is 535 g/mol. The Hall–Kier alpha value is -2.95. The summed E-state index contributed by atoms with van der Waals surface area (Å²) in [5.74, 6) is -2.32. The van der Waals surface area contributed by atoms with E-state index in [-0.39, 0.29) is 50.2 Å². The summed E-state index contributed by atoms with van der Waals surface area (Å²) in [5, 5.41) is 9.00. The van der Waals surface area contributed by atoms with Gasteiger partial charge in [-0.1, -0.05) is 0 Å². The van der Waals surface area contributed by atoms with Gasteiger partial charge >= 0.3 is 6.18 Å². The van der Waals surface area contributed by atoms with E-state index in [0.29, 0.717) is 31.6 Å². The van der Waals surface area contributed by atoms with Gasteiger partial charge in [0.05, 0.1) is 25.2 Å². The highest BCUT2D eigenvalue weighted by Gasteiger charge is 2.54.